The molecular weight excluding hydrogens is 481 g/mol. The molecule has 6 nitrogen and oxygen atoms in total. The second-order valence-electron chi connectivity index (χ2n) is 9.33. The largest absolute Gasteiger partial charge is 0.522 e. The van der Waals surface area contributed by atoms with E-state index in [9.17, 15) is 13.2 Å². The topological polar surface area (TPSA) is 82.6 Å². The smallest absolute Gasteiger partial charge is 0.370 e. The number of hydrogen-bond donors (Lipinski definition) is 2. The predicted octanol–water partition coefficient (Wildman–Crippen LogP) is 5.36. The van der Waals surface area contributed by atoms with Crippen LogP contribution in [0.25, 0.3) is 10.9 Å². The van der Waals surface area contributed by atoms with Gasteiger partial charge >= 0.3 is 15.6 Å². The lowest BCUT2D eigenvalue weighted by atomic mass is 9.67. The van der Waals surface area contributed by atoms with E-state index in [1.54, 1.807) is 0 Å². The summed E-state index contributed by atoms with van der Waals surface area (Å²) in [5, 5.41) is 1.35. The van der Waals surface area contributed by atoms with Gasteiger partial charge in [-0.05, 0) is 51.4 Å². The average Bonchev–Trinajstić information content (AvgIpc) is 3.19. The van der Waals surface area contributed by atoms with Crippen LogP contribution in [-0.2, 0) is 32.4 Å². The van der Waals surface area contributed by atoms with Crippen molar-refractivity contribution in [2.45, 2.75) is 48.8 Å². The van der Waals surface area contributed by atoms with Gasteiger partial charge in [-0.3, -0.25) is 9.45 Å². The van der Waals surface area contributed by atoms with Gasteiger partial charge in [0.05, 0.1) is 12.2 Å². The molecule has 0 saturated heterocycles. The highest BCUT2D eigenvalue weighted by atomic mass is 32.2. The number of halogens is 3. The Balaban J connectivity index is 0.000000314. The van der Waals surface area contributed by atoms with Gasteiger partial charge in [-0.15, -0.1) is 0 Å². The summed E-state index contributed by atoms with van der Waals surface area (Å²) in [6.07, 6.45) is 5.35. The molecule has 0 bridgehead atoms. The zero-order valence-electron chi connectivity index (χ0n) is 19.6. The van der Waals surface area contributed by atoms with E-state index in [2.05, 4.69) is 78.6 Å². The van der Waals surface area contributed by atoms with Gasteiger partial charge in [0.1, 0.15) is 0 Å². The first-order chi connectivity index (χ1) is 16.4. The molecular formula is C25H29F3N2O4S. The number of benzene rings is 2. The van der Waals surface area contributed by atoms with Crippen LogP contribution in [0, 0.1) is 0 Å². The average molecular weight is 511 g/mol. The summed E-state index contributed by atoms with van der Waals surface area (Å²) in [6, 6.07) is 19.7. The Hall–Kier alpha value is -2.40. The van der Waals surface area contributed by atoms with Crippen LogP contribution in [0.1, 0.15) is 42.5 Å². The third-order valence-electron chi connectivity index (χ3n) is 7.31. The number of aromatic nitrogens is 1. The zero-order chi connectivity index (χ0) is 25.5. The molecule has 5 rings (SSSR count). The minimum atomic E-state index is -5.84. The summed E-state index contributed by atoms with van der Waals surface area (Å²) in [5.41, 5.74) is -0.0717. The highest BCUT2D eigenvalue weighted by molar-refractivity contribution is 7.86. The number of fused-ring (bicyclic) bond motifs is 4. The molecule has 3 aromatic rings. The molecule has 2 aliphatic rings. The van der Waals surface area contributed by atoms with Gasteiger partial charge < -0.3 is 9.72 Å². The lowest BCUT2D eigenvalue weighted by Gasteiger charge is -2.51. The number of alkyl halides is 3. The number of H-pyrrole nitrogens is 1. The van der Waals surface area contributed by atoms with Crippen LogP contribution in [0.4, 0.5) is 13.2 Å². The van der Waals surface area contributed by atoms with E-state index in [-0.39, 0.29) is 11.1 Å². The van der Waals surface area contributed by atoms with Crippen LogP contribution >= 0.6 is 0 Å². The van der Waals surface area contributed by atoms with Gasteiger partial charge in [0.2, 0.25) is 0 Å². The van der Waals surface area contributed by atoms with Crippen LogP contribution in [0.5, 0.6) is 0 Å². The number of nitrogens with zero attached hydrogens (tertiary/aromatic N) is 1. The van der Waals surface area contributed by atoms with Crippen LogP contribution in [-0.4, -0.2) is 49.1 Å². The van der Waals surface area contributed by atoms with Crippen LogP contribution < -0.4 is 0 Å². The molecule has 0 unspecified atom stereocenters. The van der Waals surface area contributed by atoms with E-state index in [0.29, 0.717) is 0 Å². The van der Waals surface area contributed by atoms with Crippen molar-refractivity contribution in [2.24, 2.45) is 0 Å². The van der Waals surface area contributed by atoms with E-state index >= 15 is 0 Å². The van der Waals surface area contributed by atoms with Gasteiger partial charge in [0.15, 0.2) is 0 Å². The Bertz CT molecular complexity index is 1280. The highest BCUT2D eigenvalue weighted by Gasteiger charge is 2.49. The first kappa shape index (κ1) is 25.7. The molecule has 2 aromatic carbocycles. The maximum absolute atomic E-state index is 10.7. The van der Waals surface area contributed by atoms with Crippen molar-refractivity contribution >= 4 is 21.0 Å². The van der Waals surface area contributed by atoms with E-state index in [1.165, 1.54) is 27.7 Å². The van der Waals surface area contributed by atoms with E-state index < -0.39 is 15.6 Å². The summed E-state index contributed by atoms with van der Waals surface area (Å²) < 4.78 is 64.1. The van der Waals surface area contributed by atoms with Gasteiger partial charge in [0.25, 0.3) is 0 Å². The summed E-state index contributed by atoms with van der Waals surface area (Å²) in [4.78, 5) is 6.10. The molecule has 10 heteroatoms. The fraction of sp³-hybridized carbons (Fsp3) is 0.440. The Morgan fingerprint density at radius 3 is 2.11 bits per heavy atom. The Kier molecular flexibility index (Phi) is 6.78. The lowest BCUT2D eigenvalue weighted by molar-refractivity contribution is -0.110. The molecule has 1 spiro atoms. The monoisotopic (exact) mass is 510 g/mol. The van der Waals surface area contributed by atoms with Crippen LogP contribution in [0.2, 0.25) is 0 Å². The molecule has 2 N–H and O–H groups in total. The van der Waals surface area contributed by atoms with Gasteiger partial charge in [0, 0.05) is 34.1 Å². The summed E-state index contributed by atoms with van der Waals surface area (Å²) in [5.74, 6) is 0. The molecule has 0 atom stereocenters. The van der Waals surface area contributed by atoms with Crippen LogP contribution in [0.15, 0.2) is 54.6 Å². The van der Waals surface area contributed by atoms with E-state index in [1.807, 2.05) is 0 Å². The normalized spacial score (nSPS) is 24.8. The molecule has 0 radical (unpaired) electrons. The maximum Gasteiger partial charge on any atom is 0.522 e. The number of hydrogen-bond acceptors (Lipinski definition) is 4. The zero-order valence-corrected chi connectivity index (χ0v) is 20.4. The second kappa shape index (κ2) is 9.24. The minimum Gasteiger partial charge on any atom is -0.370 e. The number of aromatic amines is 1. The first-order valence-corrected chi connectivity index (χ1v) is 12.8. The Labute approximate surface area is 202 Å². The number of rotatable bonds is 2. The van der Waals surface area contributed by atoms with E-state index in [0.717, 1.165) is 38.7 Å². The van der Waals surface area contributed by atoms with Crippen molar-refractivity contribution in [3.05, 3.63) is 71.4 Å². The quantitative estimate of drug-likeness (QED) is 0.358. The van der Waals surface area contributed by atoms with Crippen LogP contribution in [0.3, 0.4) is 0 Å². The van der Waals surface area contributed by atoms with Gasteiger partial charge in [-0.1, -0.05) is 48.5 Å². The van der Waals surface area contributed by atoms with Crippen molar-refractivity contribution < 1.29 is 30.9 Å². The van der Waals surface area contributed by atoms with Gasteiger partial charge in [-0.25, -0.2) is 0 Å². The second-order valence-corrected chi connectivity index (χ2v) is 10.7. The number of ether oxygens (including phenoxy) is 1. The maximum atomic E-state index is 10.7. The number of nitrogens with one attached hydrogen (secondary N) is 1. The predicted molar refractivity (Wildman–Crippen MR) is 128 cm³/mol. The molecule has 2 heterocycles. The lowest BCUT2D eigenvalue weighted by Crippen LogP contribution is -2.49. The molecule has 1 aliphatic heterocycles. The molecule has 1 fully saturated rings. The third kappa shape index (κ3) is 4.72. The summed E-state index contributed by atoms with van der Waals surface area (Å²) in [7, 11) is -1.39. The molecule has 35 heavy (non-hydrogen) atoms. The summed E-state index contributed by atoms with van der Waals surface area (Å²) >= 11 is 0. The number of para-hydroxylation sites is 1. The van der Waals surface area contributed by atoms with Crippen molar-refractivity contribution in [3.8, 4) is 0 Å². The van der Waals surface area contributed by atoms with Crippen molar-refractivity contribution in [2.75, 3.05) is 20.7 Å². The SMILES string of the molecule is CN(C)C1(c2ccccc2)CCC2(CC1)OCCc1[nH]c3ccccc3c12.O=S(=O)(O)C(F)(F)F. The van der Waals surface area contributed by atoms with E-state index in [4.69, 9.17) is 17.7 Å². The molecule has 1 aliphatic carbocycles. The molecule has 1 aromatic heterocycles. The van der Waals surface area contributed by atoms with Gasteiger partial charge in [-0.2, -0.15) is 21.6 Å². The first-order valence-electron chi connectivity index (χ1n) is 11.4. The molecule has 1 saturated carbocycles. The minimum absolute atomic E-state index is 0.0968. The highest BCUT2D eigenvalue weighted by Crippen LogP contribution is 2.53. The summed E-state index contributed by atoms with van der Waals surface area (Å²) in [6.45, 7) is 0.820. The third-order valence-corrected chi connectivity index (χ3v) is 7.90. The molecule has 0 amide bonds. The Morgan fingerprint density at radius 1 is 0.971 bits per heavy atom. The van der Waals surface area contributed by atoms with Crippen molar-refractivity contribution in [3.63, 3.8) is 0 Å². The van der Waals surface area contributed by atoms with Crippen molar-refractivity contribution in [1.82, 2.24) is 9.88 Å². The fourth-order valence-electron chi connectivity index (χ4n) is 5.53. The Morgan fingerprint density at radius 2 is 1.54 bits per heavy atom. The van der Waals surface area contributed by atoms with Crippen molar-refractivity contribution in [1.29, 1.82) is 0 Å². The fourth-order valence-corrected chi connectivity index (χ4v) is 5.53. The molecule has 190 valence electrons. The standard InChI is InChI=1S/C24H28N2O.CHF3O3S/c1-26(2)23(18-8-4-3-5-9-18)13-15-24(16-14-23)22-19-10-6-7-11-20(19)25-21(22)12-17-27-24;2-1(3,4)8(5,6)7/h3-11,25H,12-17H2,1-2H3;(H,5,6,7).